The van der Waals surface area contributed by atoms with Gasteiger partial charge in [0.25, 0.3) is 0 Å². The minimum Gasteiger partial charge on any atom is -0.467 e. The summed E-state index contributed by atoms with van der Waals surface area (Å²) in [4.78, 5) is 99.1. The van der Waals surface area contributed by atoms with Gasteiger partial charge in [-0.25, -0.2) is 15.4 Å². The summed E-state index contributed by atoms with van der Waals surface area (Å²) in [6.07, 6.45) is -3.86. The molecule has 2 aliphatic heterocycles. The Balaban J connectivity index is 1.17. The SMILES string of the molecule is COC(=O)C1OC(N/C=C(/COCCCCCCC2(CCCCCCOC/C(=C/N)N(N)C3OC(C(=O)OC)C(OC(C)=O)C(OC(C)=O)C3OC(C)=O)c3cc(Br)ccc3-c3ccc(Br)cc32)NN)C(OC(C)=O)C(OC(C)=O)C1OC(C)=O. The van der Waals surface area contributed by atoms with E-state index in [9.17, 15) is 38.4 Å². The zero-order valence-electron chi connectivity index (χ0n) is 48.9. The Kier molecular flexibility index (Phi) is 27.3. The molecule has 0 bridgehead atoms. The lowest BCUT2D eigenvalue weighted by Gasteiger charge is -2.46. The van der Waals surface area contributed by atoms with Crippen molar-refractivity contribution in [3.63, 3.8) is 0 Å². The van der Waals surface area contributed by atoms with Crippen LogP contribution in [0.2, 0.25) is 0 Å². The Hall–Kier alpha value is -6.40. The molecule has 2 heterocycles. The van der Waals surface area contributed by atoms with E-state index in [0.717, 1.165) is 128 Å². The molecular formula is C57H78Br2N6O20. The van der Waals surface area contributed by atoms with Gasteiger partial charge in [-0.15, -0.1) is 0 Å². The zero-order chi connectivity index (χ0) is 62.5. The van der Waals surface area contributed by atoms with Gasteiger partial charge in [0.2, 0.25) is 0 Å². The van der Waals surface area contributed by atoms with Gasteiger partial charge in [0.05, 0.1) is 38.8 Å². The molecule has 26 nitrogen and oxygen atoms in total. The molecule has 0 spiro atoms. The van der Waals surface area contributed by atoms with Crippen LogP contribution in [0.4, 0.5) is 0 Å². The van der Waals surface area contributed by atoms with Gasteiger partial charge >= 0.3 is 47.8 Å². The first-order valence-electron chi connectivity index (χ1n) is 27.6. The van der Waals surface area contributed by atoms with Gasteiger partial charge in [-0.3, -0.25) is 39.6 Å². The Morgan fingerprint density at radius 2 is 0.988 bits per heavy atom. The van der Waals surface area contributed by atoms with Gasteiger partial charge in [0.15, 0.2) is 61.3 Å². The molecule has 0 amide bonds. The van der Waals surface area contributed by atoms with Crippen LogP contribution >= 0.6 is 31.9 Å². The number of ether oxygens (including phenoxy) is 12. The fraction of sp³-hybridized carbons (Fsp3) is 0.579. The summed E-state index contributed by atoms with van der Waals surface area (Å²) in [6, 6.07) is 13.0. The molecule has 85 heavy (non-hydrogen) atoms. The van der Waals surface area contributed by atoms with E-state index in [-0.39, 0.29) is 24.3 Å². The zero-order valence-corrected chi connectivity index (χ0v) is 52.1. The highest BCUT2D eigenvalue weighted by molar-refractivity contribution is 9.10. The van der Waals surface area contributed by atoms with E-state index < -0.39 is 109 Å². The van der Waals surface area contributed by atoms with Crippen LogP contribution in [0.3, 0.4) is 0 Å². The first-order chi connectivity index (χ1) is 40.5. The number of esters is 8. The second-order valence-electron chi connectivity index (χ2n) is 20.4. The van der Waals surface area contributed by atoms with E-state index in [2.05, 4.69) is 79.0 Å². The number of hydrazine groups is 2. The molecule has 2 aromatic rings. The summed E-state index contributed by atoms with van der Waals surface area (Å²) in [7, 11) is 2.19. The Labute approximate surface area is 510 Å². The summed E-state index contributed by atoms with van der Waals surface area (Å²) >= 11 is 7.51. The van der Waals surface area contributed by atoms with Crippen molar-refractivity contribution in [2.45, 2.75) is 172 Å². The number of methoxy groups -OCH3 is 2. The number of carbonyl (C=O) groups excluding carboxylic acids is 8. The molecule has 10 unspecified atom stereocenters. The van der Waals surface area contributed by atoms with Crippen LogP contribution in [0.1, 0.15) is 117 Å². The Morgan fingerprint density at radius 3 is 1.44 bits per heavy atom. The summed E-state index contributed by atoms with van der Waals surface area (Å²) in [5.41, 5.74) is 13.8. The molecule has 10 atom stereocenters. The third-order valence-electron chi connectivity index (χ3n) is 14.2. The average Bonchev–Trinajstić information content (AvgIpc) is 1.66. The lowest BCUT2D eigenvalue weighted by Crippen LogP contribution is -2.68. The van der Waals surface area contributed by atoms with Crippen molar-refractivity contribution in [2.75, 3.05) is 40.6 Å². The molecule has 0 radical (unpaired) electrons. The van der Waals surface area contributed by atoms with Crippen LogP contribution in [-0.4, -0.2) is 155 Å². The molecule has 2 saturated heterocycles. The largest absolute Gasteiger partial charge is 0.467 e. The second-order valence-corrected chi connectivity index (χ2v) is 22.2. The van der Waals surface area contributed by atoms with Gasteiger partial charge in [-0.1, -0.05) is 82.5 Å². The summed E-state index contributed by atoms with van der Waals surface area (Å²) in [5, 5.41) is 3.91. The molecule has 2 aromatic carbocycles. The number of hydrogen-bond acceptors (Lipinski definition) is 26. The number of unbranched alkanes of at least 4 members (excludes halogenated alkanes) is 6. The van der Waals surface area contributed by atoms with Gasteiger partial charge in [-0.2, -0.15) is 0 Å². The number of nitrogens with one attached hydrogen (secondary N) is 2. The van der Waals surface area contributed by atoms with Crippen molar-refractivity contribution in [1.82, 2.24) is 15.8 Å². The molecule has 8 N–H and O–H groups in total. The van der Waals surface area contributed by atoms with E-state index in [1.807, 2.05) is 0 Å². The number of fused-ring (bicyclic) bond motifs is 3. The van der Waals surface area contributed by atoms with Crippen molar-refractivity contribution >= 4 is 79.6 Å². The van der Waals surface area contributed by atoms with Crippen molar-refractivity contribution < 1.29 is 95.2 Å². The number of rotatable bonds is 31. The normalized spacial score (nSPS) is 23.2. The molecule has 5 rings (SSSR count). The van der Waals surface area contributed by atoms with E-state index in [1.54, 1.807) is 0 Å². The highest BCUT2D eigenvalue weighted by atomic mass is 79.9. The summed E-state index contributed by atoms with van der Waals surface area (Å²) in [5.74, 6) is 5.60. The molecule has 28 heteroatoms. The summed E-state index contributed by atoms with van der Waals surface area (Å²) in [6.45, 7) is 7.23. The molecule has 3 aliphatic rings. The van der Waals surface area contributed by atoms with Gasteiger partial charge in [0, 0.05) is 81.5 Å². The number of benzene rings is 2. The van der Waals surface area contributed by atoms with Crippen LogP contribution in [0.25, 0.3) is 11.1 Å². The smallest absolute Gasteiger partial charge is 0.339 e. The standard InChI is InChI=1S/C57H78Br2N6O20/c1-31(66)78-45-47(80-33(3)68)51(55(72)74-7)84-53(49(45)82-35(5)70)63-28-39(64-61)29-76-23-15-11-9-13-21-57(43-25-37(58)17-19-41(43)42-20-18-38(59)26-44(42)57)22-14-10-12-16-24-77-30-40(27-60)65(62)54-50(83-36(6)71)46(79-32(2)67)48(81-34(4)69)52(85-54)56(73)75-8/h17-20,25-28,45-54,63-64H,9-16,21-24,29-30,60-62H2,1-8H3/b39-28-,40-27-. The predicted octanol–water partition coefficient (Wildman–Crippen LogP) is 4.67. The second kappa shape index (κ2) is 33.5. The lowest BCUT2D eigenvalue weighted by atomic mass is 9.70. The van der Waals surface area contributed by atoms with Gasteiger partial charge in [0.1, 0.15) is 0 Å². The maximum atomic E-state index is 13.0. The summed E-state index contributed by atoms with van der Waals surface area (Å²) < 4.78 is 68.3. The number of nitrogens with two attached hydrogens (primary N) is 3. The number of halogens is 2. The lowest BCUT2D eigenvalue weighted by molar-refractivity contribution is -0.270. The van der Waals surface area contributed by atoms with E-state index in [0.29, 0.717) is 25.3 Å². The molecule has 0 aromatic heterocycles. The van der Waals surface area contributed by atoms with Crippen molar-refractivity contribution in [2.24, 2.45) is 17.4 Å². The van der Waals surface area contributed by atoms with E-state index in [1.165, 1.54) is 34.7 Å². The van der Waals surface area contributed by atoms with E-state index in [4.69, 9.17) is 74.3 Å². The van der Waals surface area contributed by atoms with Crippen molar-refractivity contribution in [1.29, 1.82) is 0 Å². The molecule has 1 aliphatic carbocycles. The molecule has 2 fully saturated rings. The van der Waals surface area contributed by atoms with Crippen molar-refractivity contribution in [3.8, 4) is 11.1 Å². The topological polar surface area (TPSA) is 353 Å². The first kappa shape index (κ1) is 69.4. The highest BCUT2D eigenvalue weighted by Gasteiger charge is 2.57. The Bertz CT molecular complexity index is 2680. The third kappa shape index (κ3) is 19.0. The fourth-order valence-corrected chi connectivity index (χ4v) is 11.4. The number of carbonyl (C=O) groups is 8. The maximum absolute atomic E-state index is 13.0. The molecule has 0 saturated carbocycles. The van der Waals surface area contributed by atoms with E-state index >= 15 is 0 Å². The minimum atomic E-state index is -1.65. The van der Waals surface area contributed by atoms with Crippen LogP contribution in [0.15, 0.2) is 69.1 Å². The van der Waals surface area contributed by atoms with Crippen molar-refractivity contribution in [3.05, 3.63) is 80.3 Å². The maximum Gasteiger partial charge on any atom is 0.339 e. The molecule has 470 valence electrons. The Morgan fingerprint density at radius 1 is 0.576 bits per heavy atom. The number of nitrogens with zero attached hydrogens (tertiary/aromatic N) is 1. The van der Waals surface area contributed by atoms with Gasteiger partial charge < -0.3 is 73.3 Å². The fourth-order valence-electron chi connectivity index (χ4n) is 10.7. The van der Waals surface area contributed by atoms with Crippen LogP contribution < -0.4 is 28.2 Å². The minimum absolute atomic E-state index is 0.0283. The number of hydrogen-bond donors (Lipinski definition) is 5. The quantitative estimate of drug-likeness (QED) is 0.0225. The van der Waals surface area contributed by atoms with Crippen LogP contribution in [-0.2, 0) is 101 Å². The third-order valence-corrected chi connectivity index (χ3v) is 15.2. The van der Waals surface area contributed by atoms with Crippen LogP contribution in [0.5, 0.6) is 0 Å². The monoisotopic (exact) mass is 1320 g/mol. The van der Waals surface area contributed by atoms with Gasteiger partial charge in [-0.05, 0) is 72.2 Å². The molecular weight excluding hydrogens is 1250 g/mol. The average molecular weight is 1330 g/mol. The predicted molar refractivity (Wildman–Crippen MR) is 307 cm³/mol. The van der Waals surface area contributed by atoms with Crippen LogP contribution in [0, 0.1) is 0 Å². The first-order valence-corrected chi connectivity index (χ1v) is 29.2. The highest BCUT2D eigenvalue weighted by Crippen LogP contribution is 2.55.